The predicted molar refractivity (Wildman–Crippen MR) is 71.0 cm³/mol. The summed E-state index contributed by atoms with van der Waals surface area (Å²) < 4.78 is 51.9. The van der Waals surface area contributed by atoms with Crippen LogP contribution in [0.2, 0.25) is 0 Å². The highest BCUT2D eigenvalue weighted by atomic mass is 79.9. The topological polar surface area (TPSA) is 50.9 Å². The van der Waals surface area contributed by atoms with E-state index in [1.54, 1.807) is 6.07 Å². The van der Waals surface area contributed by atoms with E-state index < -0.39 is 17.6 Å². The normalized spacial score (nSPS) is 11.4. The van der Waals surface area contributed by atoms with Gasteiger partial charge < -0.3 is 11.1 Å². The molecule has 0 aliphatic rings. The summed E-state index contributed by atoms with van der Waals surface area (Å²) in [5, 5.41) is 2.48. The van der Waals surface area contributed by atoms with Gasteiger partial charge >= 0.3 is 6.18 Å². The number of alkyl halides is 3. The zero-order valence-corrected chi connectivity index (χ0v) is 11.4. The number of hydrogen-bond acceptors (Lipinski definition) is 3. The van der Waals surface area contributed by atoms with Crippen LogP contribution in [0.3, 0.4) is 0 Å². The van der Waals surface area contributed by atoms with Crippen molar-refractivity contribution in [2.45, 2.75) is 6.18 Å². The van der Waals surface area contributed by atoms with Gasteiger partial charge in [0.15, 0.2) is 0 Å². The Kier molecular flexibility index (Phi) is 3.85. The first-order chi connectivity index (χ1) is 9.27. The van der Waals surface area contributed by atoms with Crippen molar-refractivity contribution in [3.05, 3.63) is 46.2 Å². The second-order valence-corrected chi connectivity index (χ2v) is 4.74. The zero-order valence-electron chi connectivity index (χ0n) is 9.80. The van der Waals surface area contributed by atoms with Crippen LogP contribution in [0.1, 0.15) is 5.56 Å². The number of nitrogens with two attached hydrogens (primary N) is 1. The third-order valence-electron chi connectivity index (χ3n) is 2.39. The Balaban J connectivity index is 2.42. The summed E-state index contributed by atoms with van der Waals surface area (Å²) in [5.74, 6) is -1.13. The monoisotopic (exact) mass is 349 g/mol. The summed E-state index contributed by atoms with van der Waals surface area (Å²) in [7, 11) is 0. The van der Waals surface area contributed by atoms with E-state index in [1.807, 2.05) is 0 Å². The van der Waals surface area contributed by atoms with Crippen molar-refractivity contribution in [2.24, 2.45) is 0 Å². The average Bonchev–Trinajstić information content (AvgIpc) is 2.32. The first-order valence-electron chi connectivity index (χ1n) is 5.33. The Bertz CT molecular complexity index is 623. The van der Waals surface area contributed by atoms with Gasteiger partial charge in [-0.25, -0.2) is 9.37 Å². The van der Waals surface area contributed by atoms with Gasteiger partial charge in [-0.2, -0.15) is 13.2 Å². The van der Waals surface area contributed by atoms with Gasteiger partial charge in [-0.1, -0.05) is 6.07 Å². The molecule has 0 radical (unpaired) electrons. The number of halogens is 5. The lowest BCUT2D eigenvalue weighted by Crippen LogP contribution is -2.08. The SMILES string of the molecule is Nc1cc(C(F)(F)F)cc(Nc2c(F)cccc2Br)n1. The molecule has 0 spiro atoms. The molecule has 1 heterocycles. The third-order valence-corrected chi connectivity index (χ3v) is 3.05. The van der Waals surface area contributed by atoms with E-state index in [1.165, 1.54) is 12.1 Å². The molecule has 1 aromatic heterocycles. The fourth-order valence-corrected chi connectivity index (χ4v) is 1.97. The number of rotatable bonds is 2. The largest absolute Gasteiger partial charge is 0.416 e. The summed E-state index contributed by atoms with van der Waals surface area (Å²) in [5.41, 5.74) is 4.36. The number of aromatic nitrogens is 1. The molecule has 0 aliphatic heterocycles. The van der Waals surface area contributed by atoms with E-state index in [0.717, 1.165) is 6.07 Å². The standard InChI is InChI=1S/C12H8BrF4N3/c13-7-2-1-3-8(14)11(7)20-10-5-6(12(15,16)17)4-9(18)19-10/h1-5H,(H3,18,19,20). The number of benzene rings is 1. The van der Waals surface area contributed by atoms with E-state index >= 15 is 0 Å². The van der Waals surface area contributed by atoms with E-state index in [2.05, 4.69) is 26.2 Å². The molecule has 1 aromatic carbocycles. The van der Waals surface area contributed by atoms with Gasteiger partial charge in [0.25, 0.3) is 0 Å². The lowest BCUT2D eigenvalue weighted by atomic mass is 10.2. The number of pyridine rings is 1. The van der Waals surface area contributed by atoms with Crippen LogP contribution >= 0.6 is 15.9 Å². The molecule has 0 fully saturated rings. The zero-order chi connectivity index (χ0) is 14.9. The minimum atomic E-state index is -4.56. The van der Waals surface area contributed by atoms with Crippen LogP contribution in [0.25, 0.3) is 0 Å². The van der Waals surface area contributed by atoms with Crippen LogP contribution in [0.5, 0.6) is 0 Å². The van der Waals surface area contributed by atoms with Gasteiger partial charge in [0.05, 0.1) is 11.3 Å². The van der Waals surface area contributed by atoms with Crippen LogP contribution in [0.15, 0.2) is 34.8 Å². The second-order valence-electron chi connectivity index (χ2n) is 3.89. The van der Waals surface area contributed by atoms with E-state index in [-0.39, 0.29) is 17.3 Å². The van der Waals surface area contributed by atoms with Gasteiger partial charge in [0, 0.05) is 4.47 Å². The highest BCUT2D eigenvalue weighted by Gasteiger charge is 2.31. The van der Waals surface area contributed by atoms with Crippen molar-refractivity contribution in [1.82, 2.24) is 4.98 Å². The molecule has 0 unspecified atom stereocenters. The Morgan fingerprint density at radius 2 is 1.90 bits per heavy atom. The van der Waals surface area contributed by atoms with Gasteiger partial charge in [0.2, 0.25) is 0 Å². The molecule has 106 valence electrons. The number of hydrogen-bond donors (Lipinski definition) is 2. The Morgan fingerprint density at radius 1 is 1.20 bits per heavy atom. The Labute approximate surface area is 119 Å². The van der Waals surface area contributed by atoms with Crippen LogP contribution < -0.4 is 11.1 Å². The van der Waals surface area contributed by atoms with Gasteiger partial charge in [-0.15, -0.1) is 0 Å². The molecule has 2 rings (SSSR count). The molecule has 20 heavy (non-hydrogen) atoms. The number of nitrogen functional groups attached to an aromatic ring is 1. The van der Waals surface area contributed by atoms with Crippen LogP contribution in [0.4, 0.5) is 34.9 Å². The molecule has 0 saturated heterocycles. The van der Waals surface area contributed by atoms with Crippen molar-refractivity contribution in [3.63, 3.8) is 0 Å². The maximum absolute atomic E-state index is 13.6. The number of nitrogens with zero attached hydrogens (tertiary/aromatic N) is 1. The molecule has 8 heteroatoms. The molecule has 0 saturated carbocycles. The van der Waals surface area contributed by atoms with Crippen molar-refractivity contribution in [2.75, 3.05) is 11.1 Å². The molecule has 3 nitrogen and oxygen atoms in total. The summed E-state index contributed by atoms with van der Waals surface area (Å²) in [6.45, 7) is 0. The Hall–Kier alpha value is -1.83. The summed E-state index contributed by atoms with van der Waals surface area (Å²) in [6.07, 6.45) is -4.56. The second kappa shape index (κ2) is 5.28. The first-order valence-corrected chi connectivity index (χ1v) is 6.12. The minimum absolute atomic E-state index is 0.0151. The molecule has 2 aromatic rings. The van der Waals surface area contributed by atoms with Crippen LogP contribution in [-0.4, -0.2) is 4.98 Å². The predicted octanol–water partition coefficient (Wildman–Crippen LogP) is 4.33. The molecule has 3 N–H and O–H groups in total. The number of nitrogens with one attached hydrogen (secondary N) is 1. The van der Waals surface area contributed by atoms with Gasteiger partial charge in [-0.05, 0) is 40.2 Å². The average molecular weight is 350 g/mol. The van der Waals surface area contributed by atoms with Gasteiger partial charge in [0.1, 0.15) is 17.5 Å². The fraction of sp³-hybridized carbons (Fsp3) is 0.0833. The summed E-state index contributed by atoms with van der Waals surface area (Å²) >= 11 is 3.10. The van der Waals surface area contributed by atoms with Crippen molar-refractivity contribution in [3.8, 4) is 0 Å². The van der Waals surface area contributed by atoms with Crippen molar-refractivity contribution in [1.29, 1.82) is 0 Å². The Morgan fingerprint density at radius 3 is 2.50 bits per heavy atom. The molecular weight excluding hydrogens is 342 g/mol. The van der Waals surface area contributed by atoms with E-state index in [9.17, 15) is 17.6 Å². The van der Waals surface area contributed by atoms with Crippen molar-refractivity contribution < 1.29 is 17.6 Å². The minimum Gasteiger partial charge on any atom is -0.384 e. The summed E-state index contributed by atoms with van der Waals surface area (Å²) in [6, 6.07) is 5.64. The van der Waals surface area contributed by atoms with Gasteiger partial charge in [-0.3, -0.25) is 0 Å². The lowest BCUT2D eigenvalue weighted by molar-refractivity contribution is -0.137. The molecular formula is C12H8BrF4N3. The maximum Gasteiger partial charge on any atom is 0.416 e. The lowest BCUT2D eigenvalue weighted by Gasteiger charge is -2.12. The van der Waals surface area contributed by atoms with E-state index in [4.69, 9.17) is 5.73 Å². The maximum atomic E-state index is 13.6. The fourth-order valence-electron chi connectivity index (χ4n) is 1.52. The molecule has 0 bridgehead atoms. The number of para-hydroxylation sites is 1. The highest BCUT2D eigenvalue weighted by Crippen LogP contribution is 2.33. The molecule has 0 atom stereocenters. The number of anilines is 3. The molecule has 0 aliphatic carbocycles. The quantitative estimate of drug-likeness (QED) is 0.793. The van der Waals surface area contributed by atoms with Crippen LogP contribution in [0, 0.1) is 5.82 Å². The third kappa shape index (κ3) is 3.19. The smallest absolute Gasteiger partial charge is 0.384 e. The van der Waals surface area contributed by atoms with Crippen molar-refractivity contribution >= 4 is 33.3 Å². The van der Waals surface area contributed by atoms with Crippen LogP contribution in [-0.2, 0) is 6.18 Å². The molecule has 0 amide bonds. The highest BCUT2D eigenvalue weighted by molar-refractivity contribution is 9.10. The summed E-state index contributed by atoms with van der Waals surface area (Å²) in [4.78, 5) is 3.70. The van der Waals surface area contributed by atoms with E-state index in [0.29, 0.717) is 10.5 Å². The first kappa shape index (κ1) is 14.6.